The summed E-state index contributed by atoms with van der Waals surface area (Å²) >= 11 is 1.78. The van der Waals surface area contributed by atoms with Crippen molar-refractivity contribution in [1.82, 2.24) is 4.90 Å². The summed E-state index contributed by atoms with van der Waals surface area (Å²) in [5.41, 5.74) is 0. The second-order valence-electron chi connectivity index (χ2n) is 6.30. The molecule has 0 unspecified atom stereocenters. The van der Waals surface area contributed by atoms with Gasteiger partial charge in [-0.15, -0.1) is 11.3 Å². The van der Waals surface area contributed by atoms with E-state index in [-0.39, 0.29) is 0 Å². The number of carboxylic acids is 2. The van der Waals surface area contributed by atoms with Crippen molar-refractivity contribution in [1.29, 1.82) is 0 Å². The molecule has 0 atom stereocenters. The molecule has 0 bridgehead atoms. The van der Waals surface area contributed by atoms with Crippen LogP contribution >= 0.6 is 11.3 Å². The lowest BCUT2D eigenvalue weighted by Gasteiger charge is -2.11. The zero-order valence-electron chi connectivity index (χ0n) is 15.8. The van der Waals surface area contributed by atoms with Crippen molar-refractivity contribution in [3.63, 3.8) is 0 Å². The van der Waals surface area contributed by atoms with Crippen molar-refractivity contribution in [3.05, 3.63) is 58.8 Å². The SMILES string of the molecule is CN(C)CCCc1sccc1Oc1cccc2ccccc12.O=C(O)C(=O)O. The Morgan fingerprint density at radius 1 is 0.964 bits per heavy atom. The first-order valence-corrected chi connectivity index (χ1v) is 9.59. The van der Waals surface area contributed by atoms with E-state index in [0.29, 0.717) is 0 Å². The molecule has 1 heterocycles. The zero-order chi connectivity index (χ0) is 20.5. The van der Waals surface area contributed by atoms with Crippen LogP contribution in [-0.4, -0.2) is 47.7 Å². The van der Waals surface area contributed by atoms with Gasteiger partial charge in [0.05, 0.1) is 0 Å². The Morgan fingerprint density at radius 3 is 2.32 bits per heavy atom. The van der Waals surface area contributed by atoms with E-state index in [1.807, 2.05) is 6.07 Å². The molecule has 28 heavy (non-hydrogen) atoms. The van der Waals surface area contributed by atoms with Crippen LogP contribution in [0.2, 0.25) is 0 Å². The molecule has 1 aromatic heterocycles. The summed E-state index contributed by atoms with van der Waals surface area (Å²) in [6.45, 7) is 1.10. The molecule has 0 radical (unpaired) electrons. The third kappa shape index (κ3) is 6.37. The van der Waals surface area contributed by atoms with Gasteiger partial charge in [0.2, 0.25) is 0 Å². The number of fused-ring (bicyclic) bond motifs is 1. The van der Waals surface area contributed by atoms with Gasteiger partial charge in [-0.05, 0) is 56.4 Å². The summed E-state index contributed by atoms with van der Waals surface area (Å²) in [4.78, 5) is 21.7. The van der Waals surface area contributed by atoms with Crippen LogP contribution in [0.25, 0.3) is 10.8 Å². The monoisotopic (exact) mass is 401 g/mol. The number of nitrogens with zero attached hydrogens (tertiary/aromatic N) is 1. The number of rotatable bonds is 6. The van der Waals surface area contributed by atoms with Gasteiger partial charge >= 0.3 is 11.9 Å². The lowest BCUT2D eigenvalue weighted by molar-refractivity contribution is -0.159. The zero-order valence-corrected chi connectivity index (χ0v) is 16.6. The molecular formula is C21H23NO5S. The maximum absolute atomic E-state index is 9.10. The van der Waals surface area contributed by atoms with E-state index >= 15 is 0 Å². The molecule has 7 heteroatoms. The summed E-state index contributed by atoms with van der Waals surface area (Å²) in [5, 5.41) is 19.3. The molecule has 148 valence electrons. The summed E-state index contributed by atoms with van der Waals surface area (Å²) < 4.78 is 6.22. The van der Waals surface area contributed by atoms with Crippen LogP contribution in [0.5, 0.6) is 11.5 Å². The molecule has 2 N–H and O–H groups in total. The predicted octanol–water partition coefficient (Wildman–Crippen LogP) is 4.34. The minimum Gasteiger partial charge on any atom is -0.473 e. The van der Waals surface area contributed by atoms with E-state index in [4.69, 9.17) is 24.5 Å². The van der Waals surface area contributed by atoms with Gasteiger partial charge in [0.25, 0.3) is 0 Å². The summed E-state index contributed by atoms with van der Waals surface area (Å²) in [7, 11) is 4.23. The number of ether oxygens (including phenoxy) is 1. The highest BCUT2D eigenvalue weighted by Crippen LogP contribution is 2.34. The Labute approximate surface area is 167 Å². The van der Waals surface area contributed by atoms with Crippen molar-refractivity contribution in [3.8, 4) is 11.5 Å². The van der Waals surface area contributed by atoms with E-state index in [2.05, 4.69) is 66.8 Å². The third-order valence-corrected chi connectivity index (χ3v) is 4.83. The minimum absolute atomic E-state index is 0.936. The number of aryl methyl sites for hydroxylation is 1. The van der Waals surface area contributed by atoms with Gasteiger partial charge in [-0.3, -0.25) is 0 Å². The predicted molar refractivity (Wildman–Crippen MR) is 110 cm³/mol. The molecule has 0 spiro atoms. The number of benzene rings is 2. The highest BCUT2D eigenvalue weighted by atomic mass is 32.1. The summed E-state index contributed by atoms with van der Waals surface area (Å²) in [6, 6.07) is 16.6. The largest absolute Gasteiger partial charge is 0.473 e. The first-order chi connectivity index (χ1) is 13.4. The lowest BCUT2D eigenvalue weighted by Crippen LogP contribution is -2.13. The molecule has 3 rings (SSSR count). The van der Waals surface area contributed by atoms with Crippen LogP contribution in [0.1, 0.15) is 11.3 Å². The Hall–Kier alpha value is -2.90. The van der Waals surface area contributed by atoms with Crippen molar-refractivity contribution >= 4 is 34.0 Å². The van der Waals surface area contributed by atoms with Gasteiger partial charge < -0.3 is 19.8 Å². The topological polar surface area (TPSA) is 87.1 Å². The summed E-state index contributed by atoms with van der Waals surface area (Å²) in [6.07, 6.45) is 2.22. The summed E-state index contributed by atoms with van der Waals surface area (Å²) in [5.74, 6) is -1.71. The molecule has 0 aliphatic heterocycles. The first kappa shape index (κ1) is 21.4. The molecule has 0 aliphatic carbocycles. The molecule has 0 fully saturated rings. The maximum atomic E-state index is 9.10. The van der Waals surface area contributed by atoms with Gasteiger partial charge in [-0.1, -0.05) is 36.4 Å². The van der Waals surface area contributed by atoms with Crippen LogP contribution < -0.4 is 4.74 Å². The molecule has 6 nitrogen and oxygen atoms in total. The molecule has 0 saturated heterocycles. The number of aliphatic carboxylic acids is 2. The number of carboxylic acid groups (broad SMARTS) is 2. The van der Waals surface area contributed by atoms with Crippen LogP contribution in [0.15, 0.2) is 53.9 Å². The number of thiophene rings is 1. The quantitative estimate of drug-likeness (QED) is 0.598. The highest BCUT2D eigenvalue weighted by Gasteiger charge is 2.09. The van der Waals surface area contributed by atoms with Crippen molar-refractivity contribution in [2.45, 2.75) is 12.8 Å². The lowest BCUT2D eigenvalue weighted by atomic mass is 10.1. The minimum atomic E-state index is -1.82. The average Bonchev–Trinajstić information content (AvgIpc) is 3.09. The Bertz CT molecular complexity index is 918. The Kier molecular flexibility index (Phi) is 7.98. The van der Waals surface area contributed by atoms with Crippen molar-refractivity contribution in [2.75, 3.05) is 20.6 Å². The second kappa shape index (κ2) is 10.4. The first-order valence-electron chi connectivity index (χ1n) is 8.71. The van der Waals surface area contributed by atoms with Crippen LogP contribution in [0.3, 0.4) is 0 Å². The van der Waals surface area contributed by atoms with Crippen molar-refractivity contribution < 1.29 is 24.5 Å². The Morgan fingerprint density at radius 2 is 1.64 bits per heavy atom. The molecule has 0 aliphatic rings. The van der Waals surface area contributed by atoms with Gasteiger partial charge in [0.15, 0.2) is 0 Å². The number of hydrogen-bond acceptors (Lipinski definition) is 5. The molecule has 3 aromatic rings. The fourth-order valence-electron chi connectivity index (χ4n) is 2.56. The van der Waals surface area contributed by atoms with Gasteiger partial charge in [-0.25, -0.2) is 9.59 Å². The van der Waals surface area contributed by atoms with Gasteiger partial charge in [-0.2, -0.15) is 0 Å². The second-order valence-corrected chi connectivity index (χ2v) is 7.31. The number of hydrogen-bond donors (Lipinski definition) is 2. The smallest absolute Gasteiger partial charge is 0.414 e. The van der Waals surface area contributed by atoms with E-state index < -0.39 is 11.9 Å². The van der Waals surface area contributed by atoms with E-state index in [0.717, 1.165) is 36.3 Å². The van der Waals surface area contributed by atoms with Crippen molar-refractivity contribution in [2.24, 2.45) is 0 Å². The standard InChI is InChI=1S/C19H21NOS.C2H2O4/c1-20(2)13-6-11-19-18(12-14-22-19)21-17-10-5-8-15-7-3-4-9-16(15)17;3-1(4)2(5)6/h3-5,7-10,12,14H,6,11,13H2,1-2H3;(H,3,4)(H,5,6). The third-order valence-electron chi connectivity index (χ3n) is 3.87. The molecule has 0 saturated carbocycles. The molecule has 0 amide bonds. The highest BCUT2D eigenvalue weighted by molar-refractivity contribution is 7.10. The Balaban J connectivity index is 0.000000409. The fourth-order valence-corrected chi connectivity index (χ4v) is 3.40. The molecular weight excluding hydrogens is 378 g/mol. The molecule has 2 aromatic carbocycles. The number of carbonyl (C=O) groups is 2. The fraction of sp³-hybridized carbons (Fsp3) is 0.238. The maximum Gasteiger partial charge on any atom is 0.414 e. The van der Waals surface area contributed by atoms with Crippen LogP contribution in [0.4, 0.5) is 0 Å². The van der Waals surface area contributed by atoms with Gasteiger partial charge in [0, 0.05) is 10.3 Å². The van der Waals surface area contributed by atoms with E-state index in [1.54, 1.807) is 11.3 Å². The van der Waals surface area contributed by atoms with E-state index in [1.165, 1.54) is 10.3 Å². The normalized spacial score (nSPS) is 10.4. The van der Waals surface area contributed by atoms with Crippen LogP contribution in [-0.2, 0) is 16.0 Å². The average molecular weight is 401 g/mol. The van der Waals surface area contributed by atoms with Gasteiger partial charge in [0.1, 0.15) is 11.5 Å². The van der Waals surface area contributed by atoms with Crippen LogP contribution in [0, 0.1) is 0 Å². The van der Waals surface area contributed by atoms with E-state index in [9.17, 15) is 0 Å².